The van der Waals surface area contributed by atoms with Crippen LogP contribution in [0.1, 0.15) is 18.4 Å². The van der Waals surface area contributed by atoms with Crippen molar-refractivity contribution >= 4 is 17.7 Å². The van der Waals surface area contributed by atoms with Gasteiger partial charge < -0.3 is 10.6 Å². The molecule has 0 saturated carbocycles. The van der Waals surface area contributed by atoms with Crippen LogP contribution in [0.3, 0.4) is 0 Å². The molecule has 1 heterocycles. The van der Waals surface area contributed by atoms with Crippen molar-refractivity contribution in [3.63, 3.8) is 0 Å². The third kappa shape index (κ3) is 4.53. The summed E-state index contributed by atoms with van der Waals surface area (Å²) >= 11 is 1.96. The predicted octanol–water partition coefficient (Wildman–Crippen LogP) is 2.16. The van der Waals surface area contributed by atoms with E-state index in [1.165, 1.54) is 5.56 Å². The Morgan fingerprint density at radius 3 is 2.55 bits per heavy atom. The average Bonchev–Trinajstić information content (AvgIpc) is 2.52. The maximum atomic E-state index is 12.6. The molecule has 1 aliphatic heterocycles. The standard InChI is InChI=1S/C16H24N2OS/c17-9-11-18(10-6-14-4-2-1-3-5-14)16(19)15-7-12-20-13-8-15/h1-5,15H,6-13,17H2. The van der Waals surface area contributed by atoms with Gasteiger partial charge in [0.1, 0.15) is 0 Å². The second-order valence-corrected chi connectivity index (χ2v) is 6.46. The Morgan fingerprint density at radius 2 is 1.90 bits per heavy atom. The first-order valence-corrected chi connectivity index (χ1v) is 8.57. The number of rotatable bonds is 6. The third-order valence-electron chi connectivity index (χ3n) is 3.79. The van der Waals surface area contributed by atoms with Crippen molar-refractivity contribution in [2.24, 2.45) is 11.7 Å². The second-order valence-electron chi connectivity index (χ2n) is 5.24. The summed E-state index contributed by atoms with van der Waals surface area (Å²) in [5.41, 5.74) is 6.95. The van der Waals surface area contributed by atoms with E-state index in [4.69, 9.17) is 5.73 Å². The Balaban J connectivity index is 1.90. The van der Waals surface area contributed by atoms with Gasteiger partial charge in [-0.15, -0.1) is 0 Å². The van der Waals surface area contributed by atoms with Crippen LogP contribution >= 0.6 is 11.8 Å². The highest BCUT2D eigenvalue weighted by molar-refractivity contribution is 7.99. The van der Waals surface area contributed by atoms with Gasteiger partial charge in [-0.2, -0.15) is 11.8 Å². The van der Waals surface area contributed by atoms with E-state index in [2.05, 4.69) is 12.1 Å². The van der Waals surface area contributed by atoms with Crippen LogP contribution in [0.4, 0.5) is 0 Å². The Hall–Kier alpha value is -1.000. The molecule has 0 aliphatic carbocycles. The molecule has 1 aliphatic rings. The van der Waals surface area contributed by atoms with Crippen LogP contribution in [0.2, 0.25) is 0 Å². The van der Waals surface area contributed by atoms with Gasteiger partial charge in [0.15, 0.2) is 0 Å². The zero-order valence-corrected chi connectivity index (χ0v) is 12.8. The molecule has 1 fully saturated rings. The lowest BCUT2D eigenvalue weighted by Crippen LogP contribution is -2.41. The number of hydrogen-bond donors (Lipinski definition) is 1. The van der Waals surface area contributed by atoms with Gasteiger partial charge in [0.25, 0.3) is 0 Å². The van der Waals surface area contributed by atoms with Crippen LogP contribution in [0.25, 0.3) is 0 Å². The summed E-state index contributed by atoms with van der Waals surface area (Å²) in [7, 11) is 0. The van der Waals surface area contributed by atoms with Crippen molar-refractivity contribution < 1.29 is 4.79 Å². The zero-order valence-electron chi connectivity index (χ0n) is 12.0. The molecule has 1 saturated heterocycles. The van der Waals surface area contributed by atoms with E-state index in [0.717, 1.165) is 37.3 Å². The van der Waals surface area contributed by atoms with Gasteiger partial charge in [-0.1, -0.05) is 30.3 Å². The van der Waals surface area contributed by atoms with Gasteiger partial charge >= 0.3 is 0 Å². The number of nitrogens with zero attached hydrogens (tertiary/aromatic N) is 1. The first kappa shape index (κ1) is 15.4. The summed E-state index contributed by atoms with van der Waals surface area (Å²) in [6.07, 6.45) is 2.96. The van der Waals surface area contributed by atoms with E-state index in [-0.39, 0.29) is 5.92 Å². The summed E-state index contributed by atoms with van der Waals surface area (Å²) in [5.74, 6) is 2.77. The molecule has 0 spiro atoms. The van der Waals surface area contributed by atoms with Crippen LogP contribution in [-0.4, -0.2) is 41.9 Å². The number of carbonyl (C=O) groups is 1. The summed E-state index contributed by atoms with van der Waals surface area (Å²) in [6, 6.07) is 10.3. The van der Waals surface area contributed by atoms with Crippen molar-refractivity contribution in [3.05, 3.63) is 35.9 Å². The molecule has 1 aromatic carbocycles. The lowest BCUT2D eigenvalue weighted by molar-refractivity contribution is -0.135. The topological polar surface area (TPSA) is 46.3 Å². The molecule has 3 nitrogen and oxygen atoms in total. The summed E-state index contributed by atoms with van der Waals surface area (Å²) in [6.45, 7) is 2.00. The Kier molecular flexibility index (Phi) is 6.40. The number of amides is 1. The van der Waals surface area contributed by atoms with Crippen LogP contribution in [0.5, 0.6) is 0 Å². The first-order valence-electron chi connectivity index (χ1n) is 7.42. The van der Waals surface area contributed by atoms with Crippen molar-refractivity contribution in [1.29, 1.82) is 0 Å². The normalized spacial score (nSPS) is 16.1. The highest BCUT2D eigenvalue weighted by Crippen LogP contribution is 2.24. The van der Waals surface area contributed by atoms with E-state index in [9.17, 15) is 4.79 Å². The van der Waals surface area contributed by atoms with Crippen LogP contribution in [0.15, 0.2) is 30.3 Å². The van der Waals surface area contributed by atoms with E-state index >= 15 is 0 Å². The summed E-state index contributed by atoms with van der Waals surface area (Å²) in [5, 5.41) is 0. The van der Waals surface area contributed by atoms with Gasteiger partial charge in [0, 0.05) is 25.6 Å². The lowest BCUT2D eigenvalue weighted by atomic mass is 10.0. The van der Waals surface area contributed by atoms with Gasteiger partial charge in [0.05, 0.1) is 0 Å². The fourth-order valence-electron chi connectivity index (χ4n) is 2.60. The van der Waals surface area contributed by atoms with E-state index in [1.807, 2.05) is 34.9 Å². The lowest BCUT2D eigenvalue weighted by Gasteiger charge is -2.29. The third-order valence-corrected chi connectivity index (χ3v) is 4.84. The SMILES string of the molecule is NCCN(CCc1ccccc1)C(=O)C1CCSCC1. The molecule has 110 valence electrons. The predicted molar refractivity (Wildman–Crippen MR) is 85.8 cm³/mol. The fourth-order valence-corrected chi connectivity index (χ4v) is 3.71. The van der Waals surface area contributed by atoms with Crippen molar-refractivity contribution in [1.82, 2.24) is 4.90 Å². The van der Waals surface area contributed by atoms with E-state index in [1.54, 1.807) is 0 Å². The second kappa shape index (κ2) is 8.32. The number of benzene rings is 1. The molecule has 0 bridgehead atoms. The molecular formula is C16H24N2OS. The highest BCUT2D eigenvalue weighted by Gasteiger charge is 2.25. The van der Waals surface area contributed by atoms with Crippen molar-refractivity contribution in [2.45, 2.75) is 19.3 Å². The van der Waals surface area contributed by atoms with Gasteiger partial charge in [0.2, 0.25) is 5.91 Å². The molecule has 1 aromatic rings. The average molecular weight is 292 g/mol. The number of thioether (sulfide) groups is 1. The van der Waals surface area contributed by atoms with Gasteiger partial charge in [-0.25, -0.2) is 0 Å². The zero-order chi connectivity index (χ0) is 14.2. The first-order chi connectivity index (χ1) is 9.81. The molecule has 0 unspecified atom stereocenters. The Bertz CT molecular complexity index is 404. The Morgan fingerprint density at radius 1 is 1.20 bits per heavy atom. The largest absolute Gasteiger partial charge is 0.341 e. The smallest absolute Gasteiger partial charge is 0.225 e. The fraction of sp³-hybridized carbons (Fsp3) is 0.562. The Labute approximate surface area is 125 Å². The van der Waals surface area contributed by atoms with Crippen LogP contribution in [-0.2, 0) is 11.2 Å². The summed E-state index contributed by atoms with van der Waals surface area (Å²) < 4.78 is 0. The molecule has 4 heteroatoms. The molecule has 1 amide bonds. The van der Waals surface area contributed by atoms with Crippen molar-refractivity contribution in [2.75, 3.05) is 31.1 Å². The maximum absolute atomic E-state index is 12.6. The van der Waals surface area contributed by atoms with Crippen molar-refractivity contribution in [3.8, 4) is 0 Å². The number of carbonyl (C=O) groups excluding carboxylic acids is 1. The summed E-state index contributed by atoms with van der Waals surface area (Å²) in [4.78, 5) is 14.5. The maximum Gasteiger partial charge on any atom is 0.225 e. The molecule has 2 N–H and O–H groups in total. The molecule has 2 rings (SSSR count). The van der Waals surface area contributed by atoms with E-state index in [0.29, 0.717) is 19.0 Å². The molecule has 0 atom stereocenters. The molecule has 20 heavy (non-hydrogen) atoms. The minimum atomic E-state index is 0.221. The molecular weight excluding hydrogens is 268 g/mol. The molecule has 0 radical (unpaired) electrons. The van der Waals surface area contributed by atoms with Gasteiger partial charge in [-0.3, -0.25) is 4.79 Å². The highest BCUT2D eigenvalue weighted by atomic mass is 32.2. The molecule has 0 aromatic heterocycles. The number of hydrogen-bond acceptors (Lipinski definition) is 3. The van der Waals surface area contributed by atoms with Crippen LogP contribution < -0.4 is 5.73 Å². The number of nitrogens with two attached hydrogens (primary N) is 1. The quantitative estimate of drug-likeness (QED) is 0.874. The van der Waals surface area contributed by atoms with Gasteiger partial charge in [-0.05, 0) is 36.3 Å². The van der Waals surface area contributed by atoms with Crippen LogP contribution in [0, 0.1) is 5.92 Å². The minimum Gasteiger partial charge on any atom is -0.341 e. The minimum absolute atomic E-state index is 0.221. The monoisotopic (exact) mass is 292 g/mol. The van der Waals surface area contributed by atoms with E-state index < -0.39 is 0 Å².